The molecule has 1 aromatic carbocycles. The Balaban J connectivity index is 1.83. The number of anilines is 1. The summed E-state index contributed by atoms with van der Waals surface area (Å²) in [5.41, 5.74) is 1.35. The summed E-state index contributed by atoms with van der Waals surface area (Å²) in [6.45, 7) is 0. The molecular formula is C17H14N2O3. The first kappa shape index (κ1) is 13.9. The number of para-hydroxylation sites is 1. The molecule has 0 radical (unpaired) electrons. The van der Waals surface area contributed by atoms with Crippen LogP contribution in [0.5, 0.6) is 0 Å². The fourth-order valence-electron chi connectivity index (χ4n) is 2.45. The van der Waals surface area contributed by atoms with Gasteiger partial charge in [0.15, 0.2) is 0 Å². The number of carbonyl (C=O) groups is 2. The molecular weight excluding hydrogens is 280 g/mol. The van der Waals surface area contributed by atoms with Gasteiger partial charge in [-0.2, -0.15) is 0 Å². The Labute approximate surface area is 127 Å². The van der Waals surface area contributed by atoms with Crippen molar-refractivity contribution in [2.24, 2.45) is 0 Å². The van der Waals surface area contributed by atoms with Crippen molar-refractivity contribution in [1.29, 1.82) is 0 Å². The van der Waals surface area contributed by atoms with Gasteiger partial charge in [0.2, 0.25) is 0 Å². The van der Waals surface area contributed by atoms with E-state index >= 15 is 0 Å². The van der Waals surface area contributed by atoms with Crippen molar-refractivity contribution in [3.8, 4) is 0 Å². The molecule has 2 amide bonds. The average molecular weight is 294 g/mol. The fourth-order valence-corrected chi connectivity index (χ4v) is 2.45. The average Bonchev–Trinajstić information content (AvgIpc) is 2.54. The highest BCUT2D eigenvalue weighted by molar-refractivity contribution is 6.00. The van der Waals surface area contributed by atoms with Crippen molar-refractivity contribution in [1.82, 2.24) is 4.90 Å². The Morgan fingerprint density at radius 3 is 2.77 bits per heavy atom. The minimum atomic E-state index is -1.08. The summed E-state index contributed by atoms with van der Waals surface area (Å²) >= 11 is 0. The van der Waals surface area contributed by atoms with Gasteiger partial charge in [-0.05, 0) is 23.8 Å². The number of carbonyl (C=O) groups excluding carboxylic acids is 1. The largest absolute Gasteiger partial charge is 0.478 e. The second-order valence-corrected chi connectivity index (χ2v) is 4.89. The Hall–Kier alpha value is -3.08. The van der Waals surface area contributed by atoms with Crippen LogP contribution >= 0.6 is 0 Å². The molecule has 0 spiro atoms. The quantitative estimate of drug-likeness (QED) is 0.880. The van der Waals surface area contributed by atoms with E-state index in [4.69, 9.17) is 5.11 Å². The van der Waals surface area contributed by atoms with E-state index in [0.29, 0.717) is 0 Å². The van der Waals surface area contributed by atoms with E-state index in [1.54, 1.807) is 30.5 Å². The molecule has 1 aromatic rings. The van der Waals surface area contributed by atoms with Crippen molar-refractivity contribution >= 4 is 17.7 Å². The van der Waals surface area contributed by atoms with Gasteiger partial charge in [-0.1, -0.05) is 42.5 Å². The van der Waals surface area contributed by atoms with Crippen LogP contribution in [0.4, 0.5) is 10.5 Å². The second-order valence-electron chi connectivity index (χ2n) is 4.89. The monoisotopic (exact) mass is 294 g/mol. The SMILES string of the molecule is O=C(O)c1ccccc1NC(=O)N1C=CC=C2C=CC=CC21. The number of nitrogens with one attached hydrogen (secondary N) is 1. The summed E-state index contributed by atoms with van der Waals surface area (Å²) in [7, 11) is 0. The number of aromatic carboxylic acids is 1. The lowest BCUT2D eigenvalue weighted by Crippen LogP contribution is -2.40. The maximum absolute atomic E-state index is 12.5. The van der Waals surface area contributed by atoms with Gasteiger partial charge in [0.1, 0.15) is 0 Å². The zero-order valence-corrected chi connectivity index (χ0v) is 11.6. The predicted octanol–water partition coefficient (Wildman–Crippen LogP) is 3.17. The third-order valence-electron chi connectivity index (χ3n) is 3.50. The van der Waals surface area contributed by atoms with Gasteiger partial charge in [-0.25, -0.2) is 9.59 Å². The molecule has 1 atom stereocenters. The number of carboxylic acid groups (broad SMARTS) is 1. The Bertz CT molecular complexity index is 744. The minimum Gasteiger partial charge on any atom is -0.478 e. The van der Waals surface area contributed by atoms with Gasteiger partial charge in [0.25, 0.3) is 0 Å². The van der Waals surface area contributed by atoms with Crippen LogP contribution in [0.3, 0.4) is 0 Å². The van der Waals surface area contributed by atoms with Gasteiger partial charge in [-0.3, -0.25) is 4.90 Å². The lowest BCUT2D eigenvalue weighted by Gasteiger charge is -2.31. The summed E-state index contributed by atoms with van der Waals surface area (Å²) in [4.78, 5) is 25.2. The van der Waals surface area contributed by atoms with Gasteiger partial charge in [0.05, 0.1) is 17.3 Å². The summed E-state index contributed by atoms with van der Waals surface area (Å²) in [5.74, 6) is -1.08. The van der Waals surface area contributed by atoms with Gasteiger partial charge >= 0.3 is 12.0 Å². The fraction of sp³-hybridized carbons (Fsp3) is 0.0588. The highest BCUT2D eigenvalue weighted by atomic mass is 16.4. The maximum atomic E-state index is 12.5. The van der Waals surface area contributed by atoms with Crippen LogP contribution in [0.25, 0.3) is 0 Å². The highest BCUT2D eigenvalue weighted by Crippen LogP contribution is 2.24. The standard InChI is InChI=1S/C17H14N2O3/c20-16(21)13-8-2-3-9-14(13)18-17(22)19-11-5-7-12-6-1-4-10-15(12)19/h1-11,15H,(H,18,22)(H,20,21). The van der Waals surface area contributed by atoms with E-state index in [1.807, 2.05) is 30.4 Å². The molecule has 1 heterocycles. The molecule has 0 saturated carbocycles. The van der Waals surface area contributed by atoms with Crippen LogP contribution < -0.4 is 5.32 Å². The zero-order valence-electron chi connectivity index (χ0n) is 11.6. The van der Waals surface area contributed by atoms with E-state index in [-0.39, 0.29) is 23.3 Å². The van der Waals surface area contributed by atoms with Crippen LogP contribution in [0.15, 0.2) is 72.5 Å². The Morgan fingerprint density at radius 1 is 1.14 bits per heavy atom. The van der Waals surface area contributed by atoms with E-state index in [0.717, 1.165) is 5.57 Å². The second kappa shape index (κ2) is 5.73. The molecule has 0 aromatic heterocycles. The van der Waals surface area contributed by atoms with Crippen molar-refractivity contribution in [3.63, 3.8) is 0 Å². The summed E-state index contributed by atoms with van der Waals surface area (Å²) in [6, 6.07) is 5.78. The molecule has 22 heavy (non-hydrogen) atoms. The Kier molecular flexibility index (Phi) is 3.62. The molecule has 0 bridgehead atoms. The number of hydrogen-bond donors (Lipinski definition) is 2. The molecule has 1 aliphatic heterocycles. The van der Waals surface area contributed by atoms with E-state index in [2.05, 4.69) is 5.32 Å². The number of carboxylic acids is 1. The van der Waals surface area contributed by atoms with Crippen LogP contribution in [-0.2, 0) is 0 Å². The van der Waals surface area contributed by atoms with Crippen LogP contribution in [0.2, 0.25) is 0 Å². The topological polar surface area (TPSA) is 69.6 Å². The molecule has 0 saturated heterocycles. The molecule has 1 aliphatic carbocycles. The lowest BCUT2D eigenvalue weighted by atomic mass is 9.98. The number of nitrogens with zero attached hydrogens (tertiary/aromatic N) is 1. The first-order valence-corrected chi connectivity index (χ1v) is 6.82. The number of fused-ring (bicyclic) bond motifs is 1. The number of rotatable bonds is 2. The normalized spacial score (nSPS) is 18.6. The lowest BCUT2D eigenvalue weighted by molar-refractivity contribution is 0.0698. The van der Waals surface area contributed by atoms with Crippen molar-refractivity contribution in [3.05, 3.63) is 78.1 Å². The van der Waals surface area contributed by atoms with Gasteiger partial charge in [0, 0.05) is 6.20 Å². The van der Waals surface area contributed by atoms with Crippen molar-refractivity contribution in [2.75, 3.05) is 5.32 Å². The van der Waals surface area contributed by atoms with Crippen molar-refractivity contribution in [2.45, 2.75) is 6.04 Å². The molecule has 3 rings (SSSR count). The molecule has 5 nitrogen and oxygen atoms in total. The van der Waals surface area contributed by atoms with E-state index in [1.165, 1.54) is 11.0 Å². The van der Waals surface area contributed by atoms with Crippen molar-refractivity contribution < 1.29 is 14.7 Å². The summed E-state index contributed by atoms with van der Waals surface area (Å²) in [5, 5.41) is 11.8. The predicted molar refractivity (Wildman–Crippen MR) is 83.6 cm³/mol. The van der Waals surface area contributed by atoms with Gasteiger partial charge < -0.3 is 10.4 Å². The molecule has 1 unspecified atom stereocenters. The summed E-state index contributed by atoms with van der Waals surface area (Å²) in [6.07, 6.45) is 13.1. The van der Waals surface area contributed by atoms with Crippen LogP contribution in [0, 0.1) is 0 Å². The third-order valence-corrected chi connectivity index (χ3v) is 3.50. The number of amides is 2. The minimum absolute atomic E-state index is 0.0617. The zero-order chi connectivity index (χ0) is 15.5. The van der Waals surface area contributed by atoms with Crippen LogP contribution in [0.1, 0.15) is 10.4 Å². The maximum Gasteiger partial charge on any atom is 0.337 e. The smallest absolute Gasteiger partial charge is 0.337 e. The number of benzene rings is 1. The van der Waals surface area contributed by atoms with Crippen LogP contribution in [-0.4, -0.2) is 28.0 Å². The first-order valence-electron chi connectivity index (χ1n) is 6.82. The van der Waals surface area contributed by atoms with E-state index < -0.39 is 5.97 Å². The molecule has 2 N–H and O–H groups in total. The molecule has 5 heteroatoms. The Morgan fingerprint density at radius 2 is 1.95 bits per heavy atom. The molecule has 2 aliphatic rings. The van der Waals surface area contributed by atoms with E-state index in [9.17, 15) is 9.59 Å². The highest BCUT2D eigenvalue weighted by Gasteiger charge is 2.25. The molecule has 0 fully saturated rings. The number of hydrogen-bond acceptors (Lipinski definition) is 2. The van der Waals surface area contributed by atoms with Gasteiger partial charge in [-0.15, -0.1) is 0 Å². The number of urea groups is 1. The third kappa shape index (κ3) is 2.56. The number of allylic oxidation sites excluding steroid dienone is 4. The first-order chi connectivity index (χ1) is 10.7. The molecule has 110 valence electrons. The summed E-state index contributed by atoms with van der Waals surface area (Å²) < 4.78 is 0.